The maximum atomic E-state index is 12.3. The molecule has 1 aliphatic rings. The van der Waals surface area contributed by atoms with Crippen LogP contribution in [0.25, 0.3) is 0 Å². The molecule has 1 saturated heterocycles. The predicted molar refractivity (Wildman–Crippen MR) is 117 cm³/mol. The van der Waals surface area contributed by atoms with E-state index in [0.29, 0.717) is 6.54 Å². The molecule has 2 N–H and O–H groups in total. The fourth-order valence-electron chi connectivity index (χ4n) is 3.69. The number of guanidine groups is 1. The van der Waals surface area contributed by atoms with Crippen molar-refractivity contribution in [3.8, 4) is 0 Å². The summed E-state index contributed by atoms with van der Waals surface area (Å²) in [5.41, 5.74) is 3.82. The standard InChI is InChI=1S/C22H37N5O/c1-6-23-22(25-16-19-11-10-17(2)15-18(19)3)24-12-8-14-27-13-7-9-20(27)21(28)26(4)5/h10-11,15,20H,6-9,12-14,16H2,1-5H3,(H2,23,24,25). The lowest BCUT2D eigenvalue weighted by atomic mass is 10.1. The smallest absolute Gasteiger partial charge is 0.239 e. The zero-order valence-electron chi connectivity index (χ0n) is 18.2. The molecule has 0 spiro atoms. The number of nitrogens with one attached hydrogen (secondary N) is 2. The highest BCUT2D eigenvalue weighted by atomic mass is 16.2. The zero-order chi connectivity index (χ0) is 20.5. The number of amides is 1. The van der Waals surface area contributed by atoms with Gasteiger partial charge in [-0.1, -0.05) is 23.8 Å². The van der Waals surface area contributed by atoms with Crippen molar-refractivity contribution in [2.45, 2.75) is 52.6 Å². The van der Waals surface area contributed by atoms with Crippen LogP contribution >= 0.6 is 0 Å². The van der Waals surface area contributed by atoms with E-state index in [1.807, 2.05) is 14.1 Å². The summed E-state index contributed by atoms with van der Waals surface area (Å²) in [4.78, 5) is 21.1. The third-order valence-corrected chi connectivity index (χ3v) is 5.25. The first-order valence-electron chi connectivity index (χ1n) is 10.5. The van der Waals surface area contributed by atoms with Crippen LogP contribution in [0.2, 0.25) is 0 Å². The maximum Gasteiger partial charge on any atom is 0.239 e. The van der Waals surface area contributed by atoms with Crippen molar-refractivity contribution in [1.29, 1.82) is 0 Å². The van der Waals surface area contributed by atoms with E-state index in [1.54, 1.807) is 4.90 Å². The van der Waals surface area contributed by atoms with Gasteiger partial charge in [-0.2, -0.15) is 0 Å². The maximum absolute atomic E-state index is 12.3. The van der Waals surface area contributed by atoms with Crippen molar-refractivity contribution in [3.05, 3.63) is 34.9 Å². The van der Waals surface area contributed by atoms with Crippen molar-refractivity contribution in [2.75, 3.05) is 40.3 Å². The molecule has 1 aromatic carbocycles. The van der Waals surface area contributed by atoms with E-state index in [2.05, 4.69) is 54.5 Å². The van der Waals surface area contributed by atoms with Gasteiger partial charge in [0.2, 0.25) is 5.91 Å². The van der Waals surface area contributed by atoms with Crippen LogP contribution in [0.5, 0.6) is 0 Å². The minimum atomic E-state index is 0.0569. The molecule has 0 aromatic heterocycles. The zero-order valence-corrected chi connectivity index (χ0v) is 18.2. The Morgan fingerprint density at radius 3 is 2.75 bits per heavy atom. The number of nitrogens with zero attached hydrogens (tertiary/aromatic N) is 3. The molecule has 0 aliphatic carbocycles. The number of aryl methyl sites for hydroxylation is 2. The Labute approximate surface area is 170 Å². The van der Waals surface area contributed by atoms with E-state index in [9.17, 15) is 4.79 Å². The monoisotopic (exact) mass is 387 g/mol. The SMILES string of the molecule is CCNC(=NCc1ccc(C)cc1C)NCCCN1CCCC1C(=O)N(C)C. The van der Waals surface area contributed by atoms with Crippen LogP contribution in [-0.4, -0.2) is 68.0 Å². The van der Waals surface area contributed by atoms with E-state index < -0.39 is 0 Å². The van der Waals surface area contributed by atoms with E-state index in [1.165, 1.54) is 16.7 Å². The molecule has 1 aliphatic heterocycles. The number of likely N-dealkylation sites (tertiary alicyclic amines) is 1. The Kier molecular flexibility index (Phi) is 8.77. The van der Waals surface area contributed by atoms with Crippen LogP contribution in [0.4, 0.5) is 0 Å². The molecule has 28 heavy (non-hydrogen) atoms. The largest absolute Gasteiger partial charge is 0.357 e. The van der Waals surface area contributed by atoms with Gasteiger partial charge in [-0.15, -0.1) is 0 Å². The average Bonchev–Trinajstić information content (AvgIpc) is 3.11. The molecule has 6 nitrogen and oxygen atoms in total. The first kappa shape index (κ1) is 22.2. The van der Waals surface area contributed by atoms with Gasteiger partial charge in [0.05, 0.1) is 12.6 Å². The Balaban J connectivity index is 1.82. The van der Waals surface area contributed by atoms with Crippen molar-refractivity contribution >= 4 is 11.9 Å². The molecule has 1 unspecified atom stereocenters. The first-order chi connectivity index (χ1) is 13.4. The number of hydrogen-bond acceptors (Lipinski definition) is 3. The summed E-state index contributed by atoms with van der Waals surface area (Å²) in [6.45, 7) is 10.6. The van der Waals surface area contributed by atoms with Crippen LogP contribution in [0, 0.1) is 13.8 Å². The number of hydrogen-bond donors (Lipinski definition) is 2. The minimum Gasteiger partial charge on any atom is -0.357 e. The third-order valence-electron chi connectivity index (χ3n) is 5.25. The molecule has 0 bridgehead atoms. The number of rotatable bonds is 8. The fourth-order valence-corrected chi connectivity index (χ4v) is 3.69. The fraction of sp³-hybridized carbons (Fsp3) is 0.636. The molecule has 0 saturated carbocycles. The molecule has 1 atom stereocenters. The van der Waals surface area contributed by atoms with E-state index in [-0.39, 0.29) is 11.9 Å². The molecule has 0 radical (unpaired) electrons. The van der Waals surface area contributed by atoms with Crippen molar-refractivity contribution in [1.82, 2.24) is 20.4 Å². The second-order valence-corrected chi connectivity index (χ2v) is 7.83. The van der Waals surface area contributed by atoms with Gasteiger partial charge >= 0.3 is 0 Å². The summed E-state index contributed by atoms with van der Waals surface area (Å²) in [6.07, 6.45) is 3.08. The average molecular weight is 388 g/mol. The van der Waals surface area contributed by atoms with Gasteiger partial charge in [-0.3, -0.25) is 9.69 Å². The van der Waals surface area contributed by atoms with Crippen LogP contribution < -0.4 is 10.6 Å². The van der Waals surface area contributed by atoms with Crippen LogP contribution in [0.3, 0.4) is 0 Å². The summed E-state index contributed by atoms with van der Waals surface area (Å²) >= 11 is 0. The van der Waals surface area contributed by atoms with E-state index in [4.69, 9.17) is 4.99 Å². The first-order valence-corrected chi connectivity index (χ1v) is 10.5. The Morgan fingerprint density at radius 1 is 1.29 bits per heavy atom. The van der Waals surface area contributed by atoms with Crippen LogP contribution in [0.1, 0.15) is 42.9 Å². The Hall–Kier alpha value is -2.08. The highest BCUT2D eigenvalue weighted by Crippen LogP contribution is 2.18. The number of carbonyl (C=O) groups is 1. The molecule has 2 rings (SSSR count). The van der Waals surface area contributed by atoms with Gasteiger partial charge in [0.25, 0.3) is 0 Å². The van der Waals surface area contributed by atoms with Crippen LogP contribution in [0.15, 0.2) is 23.2 Å². The summed E-state index contributed by atoms with van der Waals surface area (Å²) in [6, 6.07) is 6.56. The summed E-state index contributed by atoms with van der Waals surface area (Å²) < 4.78 is 0. The number of aliphatic imine (C=N–C) groups is 1. The minimum absolute atomic E-state index is 0.0569. The van der Waals surface area contributed by atoms with Crippen molar-refractivity contribution in [2.24, 2.45) is 4.99 Å². The van der Waals surface area contributed by atoms with Gasteiger partial charge < -0.3 is 15.5 Å². The topological polar surface area (TPSA) is 60.0 Å². The van der Waals surface area contributed by atoms with Crippen LogP contribution in [-0.2, 0) is 11.3 Å². The van der Waals surface area contributed by atoms with E-state index >= 15 is 0 Å². The Bertz CT molecular complexity index is 671. The molecule has 6 heteroatoms. The number of likely N-dealkylation sites (N-methyl/N-ethyl adjacent to an activating group) is 1. The molecular formula is C22H37N5O. The molecule has 1 aromatic rings. The number of carbonyl (C=O) groups excluding carboxylic acids is 1. The lowest BCUT2D eigenvalue weighted by Crippen LogP contribution is -2.44. The van der Waals surface area contributed by atoms with Crippen molar-refractivity contribution < 1.29 is 4.79 Å². The second kappa shape index (κ2) is 11.1. The lowest BCUT2D eigenvalue weighted by molar-refractivity contribution is -0.133. The predicted octanol–water partition coefficient (Wildman–Crippen LogP) is 2.30. The molecule has 1 amide bonds. The summed E-state index contributed by atoms with van der Waals surface area (Å²) in [5, 5.41) is 6.75. The quantitative estimate of drug-likeness (QED) is 0.408. The van der Waals surface area contributed by atoms with Gasteiger partial charge in [0, 0.05) is 33.7 Å². The molecule has 1 heterocycles. The highest BCUT2D eigenvalue weighted by molar-refractivity contribution is 5.81. The van der Waals surface area contributed by atoms with Gasteiger partial charge in [0.15, 0.2) is 5.96 Å². The summed E-state index contributed by atoms with van der Waals surface area (Å²) in [5.74, 6) is 1.08. The lowest BCUT2D eigenvalue weighted by Gasteiger charge is -2.26. The van der Waals surface area contributed by atoms with Gasteiger partial charge in [0.1, 0.15) is 0 Å². The second-order valence-electron chi connectivity index (χ2n) is 7.83. The van der Waals surface area contributed by atoms with Gasteiger partial charge in [-0.05, 0) is 57.7 Å². The highest BCUT2D eigenvalue weighted by Gasteiger charge is 2.30. The van der Waals surface area contributed by atoms with E-state index in [0.717, 1.165) is 51.4 Å². The third kappa shape index (κ3) is 6.51. The normalized spacial score (nSPS) is 17.6. The summed E-state index contributed by atoms with van der Waals surface area (Å²) in [7, 11) is 3.69. The van der Waals surface area contributed by atoms with Gasteiger partial charge in [-0.25, -0.2) is 4.99 Å². The van der Waals surface area contributed by atoms with Crippen molar-refractivity contribution in [3.63, 3.8) is 0 Å². The number of benzene rings is 1. The molecule has 156 valence electrons. The molecule has 1 fully saturated rings. The molecular weight excluding hydrogens is 350 g/mol. The Morgan fingerprint density at radius 2 is 2.07 bits per heavy atom.